The minimum absolute atomic E-state index is 0.536. The number of hydrogen-bond donors (Lipinski definition) is 1. The molecule has 4 heteroatoms. The molecule has 1 aromatic rings. The third-order valence-corrected chi connectivity index (χ3v) is 3.81. The molecule has 0 heterocycles. The summed E-state index contributed by atoms with van der Waals surface area (Å²) in [5, 5.41) is 0.536. The van der Waals surface area contributed by atoms with Crippen molar-refractivity contribution < 1.29 is 4.21 Å². The minimum atomic E-state index is -1.02. The van der Waals surface area contributed by atoms with Gasteiger partial charge in [0.15, 0.2) is 0 Å². The standard InChI is InChI=1S/C10H14ClNOS/c1-2-3-6-14(13)10-7-8(12)4-5-9(10)11/h4-5,7H,2-3,6,12H2,1H3. The molecule has 0 aliphatic heterocycles. The average molecular weight is 232 g/mol. The Hall–Kier alpha value is -0.540. The number of nitrogens with two attached hydrogens (primary N) is 1. The second-order valence-electron chi connectivity index (χ2n) is 3.09. The molecule has 1 rings (SSSR count). The summed E-state index contributed by atoms with van der Waals surface area (Å²) in [5.41, 5.74) is 6.21. The fourth-order valence-electron chi connectivity index (χ4n) is 1.08. The van der Waals surface area contributed by atoms with Crippen molar-refractivity contribution in [1.82, 2.24) is 0 Å². The van der Waals surface area contributed by atoms with E-state index in [-0.39, 0.29) is 0 Å². The van der Waals surface area contributed by atoms with Crippen molar-refractivity contribution in [3.63, 3.8) is 0 Å². The highest BCUT2D eigenvalue weighted by Gasteiger charge is 2.08. The lowest BCUT2D eigenvalue weighted by atomic mass is 10.3. The Bertz CT molecular complexity index is 341. The topological polar surface area (TPSA) is 43.1 Å². The van der Waals surface area contributed by atoms with E-state index in [9.17, 15) is 4.21 Å². The first-order valence-corrected chi connectivity index (χ1v) is 6.28. The van der Waals surface area contributed by atoms with Gasteiger partial charge in [-0.1, -0.05) is 24.9 Å². The SMILES string of the molecule is CCCCS(=O)c1cc(N)ccc1Cl. The maximum atomic E-state index is 11.7. The Labute approximate surface area is 91.9 Å². The van der Waals surface area contributed by atoms with Crippen LogP contribution in [0.3, 0.4) is 0 Å². The van der Waals surface area contributed by atoms with Gasteiger partial charge in [0, 0.05) is 11.4 Å². The van der Waals surface area contributed by atoms with Gasteiger partial charge in [-0.05, 0) is 24.6 Å². The molecule has 78 valence electrons. The van der Waals surface area contributed by atoms with E-state index in [2.05, 4.69) is 6.92 Å². The van der Waals surface area contributed by atoms with E-state index >= 15 is 0 Å². The van der Waals surface area contributed by atoms with E-state index in [0.29, 0.717) is 21.4 Å². The Kier molecular flexibility index (Phi) is 4.42. The first-order chi connectivity index (χ1) is 6.65. The van der Waals surface area contributed by atoms with Crippen molar-refractivity contribution in [2.24, 2.45) is 0 Å². The maximum absolute atomic E-state index is 11.7. The summed E-state index contributed by atoms with van der Waals surface area (Å²) < 4.78 is 11.7. The van der Waals surface area contributed by atoms with E-state index in [0.717, 1.165) is 12.8 Å². The molecule has 0 saturated carbocycles. The third kappa shape index (κ3) is 3.00. The molecule has 0 saturated heterocycles. The van der Waals surface area contributed by atoms with Gasteiger partial charge >= 0.3 is 0 Å². The molecule has 1 unspecified atom stereocenters. The molecule has 1 aromatic carbocycles. The zero-order valence-corrected chi connectivity index (χ0v) is 9.70. The van der Waals surface area contributed by atoms with Crippen LogP contribution in [0.5, 0.6) is 0 Å². The van der Waals surface area contributed by atoms with Crippen molar-refractivity contribution in [1.29, 1.82) is 0 Å². The number of rotatable bonds is 4. The van der Waals surface area contributed by atoms with E-state index in [4.69, 9.17) is 17.3 Å². The van der Waals surface area contributed by atoms with Crippen molar-refractivity contribution in [2.45, 2.75) is 24.7 Å². The van der Waals surface area contributed by atoms with E-state index in [1.165, 1.54) is 0 Å². The fraction of sp³-hybridized carbons (Fsp3) is 0.400. The van der Waals surface area contributed by atoms with Gasteiger partial charge in [0.2, 0.25) is 0 Å². The van der Waals surface area contributed by atoms with Crippen molar-refractivity contribution in [3.8, 4) is 0 Å². The second-order valence-corrected chi connectivity index (χ2v) is 5.04. The Morgan fingerprint density at radius 2 is 2.21 bits per heavy atom. The van der Waals surface area contributed by atoms with Crippen LogP contribution in [-0.2, 0) is 10.8 Å². The average Bonchev–Trinajstić information content (AvgIpc) is 2.18. The maximum Gasteiger partial charge on any atom is 0.0594 e. The largest absolute Gasteiger partial charge is 0.399 e. The summed E-state index contributed by atoms with van der Waals surface area (Å²) in [5.74, 6) is 0.652. The summed E-state index contributed by atoms with van der Waals surface area (Å²) in [6, 6.07) is 5.09. The number of benzene rings is 1. The van der Waals surface area contributed by atoms with Gasteiger partial charge in [0.1, 0.15) is 0 Å². The number of hydrogen-bond acceptors (Lipinski definition) is 2. The first kappa shape index (κ1) is 11.5. The molecule has 2 nitrogen and oxygen atoms in total. The summed E-state index contributed by atoms with van der Waals surface area (Å²) >= 11 is 5.92. The first-order valence-electron chi connectivity index (χ1n) is 4.58. The highest BCUT2D eigenvalue weighted by atomic mass is 35.5. The highest BCUT2D eigenvalue weighted by molar-refractivity contribution is 7.85. The molecule has 0 radical (unpaired) electrons. The van der Waals surface area contributed by atoms with E-state index < -0.39 is 10.8 Å². The zero-order chi connectivity index (χ0) is 10.6. The van der Waals surface area contributed by atoms with Crippen LogP contribution in [0.1, 0.15) is 19.8 Å². The van der Waals surface area contributed by atoms with Gasteiger partial charge in [-0.2, -0.15) is 0 Å². The molecule has 0 aliphatic rings. The number of halogens is 1. The number of unbranched alkanes of at least 4 members (excludes halogenated alkanes) is 1. The van der Waals surface area contributed by atoms with Crippen molar-refractivity contribution >= 4 is 28.1 Å². The molecule has 14 heavy (non-hydrogen) atoms. The molecular formula is C10H14ClNOS. The minimum Gasteiger partial charge on any atom is -0.399 e. The van der Waals surface area contributed by atoms with Crippen LogP contribution >= 0.6 is 11.6 Å². The summed E-state index contributed by atoms with van der Waals surface area (Å²) in [6.45, 7) is 2.07. The Morgan fingerprint density at radius 3 is 2.86 bits per heavy atom. The predicted molar refractivity (Wildman–Crippen MR) is 62.0 cm³/mol. The van der Waals surface area contributed by atoms with Crippen molar-refractivity contribution in [2.75, 3.05) is 11.5 Å². The summed E-state index contributed by atoms with van der Waals surface area (Å²) in [6.07, 6.45) is 1.98. The van der Waals surface area contributed by atoms with Crippen LogP contribution in [-0.4, -0.2) is 9.96 Å². The summed E-state index contributed by atoms with van der Waals surface area (Å²) in [4.78, 5) is 0.653. The van der Waals surface area contributed by atoms with Crippen LogP contribution in [0, 0.1) is 0 Å². The molecule has 0 spiro atoms. The fourth-order valence-corrected chi connectivity index (χ4v) is 2.78. The molecule has 0 amide bonds. The van der Waals surface area contributed by atoms with Gasteiger partial charge in [0.05, 0.1) is 20.7 Å². The lowest BCUT2D eigenvalue weighted by molar-refractivity contribution is 0.679. The van der Waals surface area contributed by atoms with E-state index in [1.54, 1.807) is 18.2 Å². The molecule has 2 N–H and O–H groups in total. The second kappa shape index (κ2) is 5.37. The predicted octanol–water partition coefficient (Wildman–Crippen LogP) is 2.83. The normalized spacial score (nSPS) is 12.7. The lowest BCUT2D eigenvalue weighted by Crippen LogP contribution is -1.99. The van der Waals surface area contributed by atoms with Gasteiger partial charge in [0.25, 0.3) is 0 Å². The van der Waals surface area contributed by atoms with Gasteiger partial charge in [-0.3, -0.25) is 4.21 Å². The summed E-state index contributed by atoms with van der Waals surface area (Å²) in [7, 11) is -1.02. The van der Waals surface area contributed by atoms with Gasteiger partial charge < -0.3 is 5.73 Å². The molecule has 0 fully saturated rings. The quantitative estimate of drug-likeness (QED) is 0.810. The Morgan fingerprint density at radius 1 is 1.50 bits per heavy atom. The van der Waals surface area contributed by atoms with Crippen LogP contribution < -0.4 is 5.73 Å². The third-order valence-electron chi connectivity index (χ3n) is 1.88. The van der Waals surface area contributed by atoms with Crippen molar-refractivity contribution in [3.05, 3.63) is 23.2 Å². The Balaban J connectivity index is 2.83. The van der Waals surface area contributed by atoms with Gasteiger partial charge in [-0.15, -0.1) is 0 Å². The number of nitrogen functional groups attached to an aromatic ring is 1. The monoisotopic (exact) mass is 231 g/mol. The van der Waals surface area contributed by atoms with E-state index in [1.807, 2.05) is 0 Å². The van der Waals surface area contributed by atoms with Gasteiger partial charge in [-0.25, -0.2) is 0 Å². The lowest BCUT2D eigenvalue weighted by Gasteiger charge is -2.04. The van der Waals surface area contributed by atoms with Crippen LogP contribution in [0.15, 0.2) is 23.1 Å². The highest BCUT2D eigenvalue weighted by Crippen LogP contribution is 2.22. The molecular weight excluding hydrogens is 218 g/mol. The zero-order valence-electron chi connectivity index (χ0n) is 8.13. The molecule has 1 atom stereocenters. The number of anilines is 1. The van der Waals surface area contributed by atoms with Crippen LogP contribution in [0.2, 0.25) is 5.02 Å². The molecule has 0 aliphatic carbocycles. The smallest absolute Gasteiger partial charge is 0.0594 e. The molecule has 0 bridgehead atoms. The van der Waals surface area contributed by atoms with Crippen LogP contribution in [0.4, 0.5) is 5.69 Å². The van der Waals surface area contributed by atoms with Crippen LogP contribution in [0.25, 0.3) is 0 Å². The molecule has 0 aromatic heterocycles.